The first-order chi connectivity index (χ1) is 14.1. The number of hydrogen-bond acceptors (Lipinski definition) is 5. The number of alkyl carbamates (subject to hydrolysis) is 1. The van der Waals surface area contributed by atoms with Crippen molar-refractivity contribution in [2.75, 3.05) is 13.1 Å². The standard InChI is InChI=1S/C21H25N3O4S/c25-19(28-12-17-13-29-14-22-17)23-18-11-24(20(26)27)9-8-21(18)7-6-16(21)10-15-4-2-1-3-5-15/h1-5,13-14,16,18H,6-12H2,(H,23,25)(H,26,27). The molecule has 1 spiro atoms. The Kier molecular flexibility index (Phi) is 5.71. The van der Waals surface area contributed by atoms with Gasteiger partial charge in [-0.2, -0.15) is 0 Å². The minimum Gasteiger partial charge on any atom is -0.465 e. The molecule has 1 aromatic carbocycles. The number of benzene rings is 1. The molecule has 1 saturated heterocycles. The van der Waals surface area contributed by atoms with Crippen molar-refractivity contribution in [3.05, 3.63) is 52.5 Å². The smallest absolute Gasteiger partial charge is 0.407 e. The molecule has 1 aliphatic heterocycles. The van der Waals surface area contributed by atoms with Gasteiger partial charge in [0.2, 0.25) is 0 Å². The summed E-state index contributed by atoms with van der Waals surface area (Å²) in [6.07, 6.45) is 2.33. The van der Waals surface area contributed by atoms with Crippen LogP contribution >= 0.6 is 11.3 Å². The number of likely N-dealkylation sites (tertiary alicyclic amines) is 1. The van der Waals surface area contributed by atoms with Crippen molar-refractivity contribution in [1.82, 2.24) is 15.2 Å². The third-order valence-electron chi connectivity index (χ3n) is 6.44. The molecule has 8 heteroatoms. The van der Waals surface area contributed by atoms with Crippen molar-refractivity contribution in [3.63, 3.8) is 0 Å². The third-order valence-corrected chi connectivity index (χ3v) is 7.07. The lowest BCUT2D eigenvalue weighted by Gasteiger charge is -2.58. The Labute approximate surface area is 173 Å². The lowest BCUT2D eigenvalue weighted by molar-refractivity contribution is -0.0583. The number of carbonyl (C=O) groups excluding carboxylic acids is 1. The molecule has 3 atom stereocenters. The van der Waals surface area contributed by atoms with Crippen LogP contribution in [0.25, 0.3) is 0 Å². The fraction of sp³-hybridized carbons (Fsp3) is 0.476. The zero-order valence-corrected chi connectivity index (χ0v) is 16.9. The minimum atomic E-state index is -0.943. The van der Waals surface area contributed by atoms with E-state index in [1.807, 2.05) is 23.6 Å². The van der Waals surface area contributed by atoms with E-state index in [2.05, 4.69) is 22.4 Å². The van der Waals surface area contributed by atoms with E-state index in [0.717, 1.165) is 25.7 Å². The number of nitrogens with one attached hydrogen (secondary N) is 1. The van der Waals surface area contributed by atoms with Crippen LogP contribution in [0.3, 0.4) is 0 Å². The first-order valence-corrected chi connectivity index (χ1v) is 10.8. The summed E-state index contributed by atoms with van der Waals surface area (Å²) in [5.41, 5.74) is 3.60. The molecule has 2 heterocycles. The highest BCUT2D eigenvalue weighted by molar-refractivity contribution is 7.07. The number of hydrogen-bond donors (Lipinski definition) is 2. The van der Waals surface area contributed by atoms with E-state index >= 15 is 0 Å². The highest BCUT2D eigenvalue weighted by Gasteiger charge is 2.54. The summed E-state index contributed by atoms with van der Waals surface area (Å²) in [6.45, 7) is 0.921. The Morgan fingerprint density at radius 1 is 1.31 bits per heavy atom. The van der Waals surface area contributed by atoms with Gasteiger partial charge in [0, 0.05) is 18.5 Å². The van der Waals surface area contributed by atoms with Crippen LogP contribution in [0.15, 0.2) is 41.2 Å². The quantitative estimate of drug-likeness (QED) is 0.776. The average Bonchev–Trinajstić information content (AvgIpc) is 3.24. The summed E-state index contributed by atoms with van der Waals surface area (Å²) < 4.78 is 5.33. The summed E-state index contributed by atoms with van der Waals surface area (Å²) in [5, 5.41) is 14.3. The Bertz CT molecular complexity index is 845. The molecule has 2 amide bonds. The number of thiazole rings is 1. The first-order valence-electron chi connectivity index (χ1n) is 9.89. The van der Waals surface area contributed by atoms with E-state index < -0.39 is 12.2 Å². The zero-order valence-electron chi connectivity index (χ0n) is 16.1. The maximum atomic E-state index is 12.5. The van der Waals surface area contributed by atoms with Crippen molar-refractivity contribution < 1.29 is 19.4 Å². The molecule has 2 aliphatic rings. The van der Waals surface area contributed by atoms with Gasteiger partial charge in [-0.1, -0.05) is 30.3 Å². The van der Waals surface area contributed by atoms with Gasteiger partial charge in [0.25, 0.3) is 0 Å². The molecule has 1 aromatic heterocycles. The van der Waals surface area contributed by atoms with Crippen LogP contribution in [0.4, 0.5) is 9.59 Å². The Morgan fingerprint density at radius 2 is 2.14 bits per heavy atom. The Morgan fingerprint density at radius 3 is 2.79 bits per heavy atom. The Hall–Kier alpha value is -2.61. The molecule has 1 aliphatic carbocycles. The van der Waals surface area contributed by atoms with Crippen molar-refractivity contribution in [1.29, 1.82) is 0 Å². The van der Waals surface area contributed by atoms with Gasteiger partial charge in [0.1, 0.15) is 6.61 Å². The number of piperidine rings is 1. The highest BCUT2D eigenvalue weighted by Crippen LogP contribution is 2.55. The van der Waals surface area contributed by atoms with Gasteiger partial charge in [0.05, 0.1) is 17.2 Å². The van der Waals surface area contributed by atoms with Crippen molar-refractivity contribution in [2.45, 2.75) is 38.3 Å². The van der Waals surface area contributed by atoms with Gasteiger partial charge < -0.3 is 20.1 Å². The molecule has 0 bridgehead atoms. The topological polar surface area (TPSA) is 91.8 Å². The van der Waals surface area contributed by atoms with Crippen LogP contribution in [0.1, 0.15) is 30.5 Å². The number of carboxylic acid groups (broad SMARTS) is 1. The largest absolute Gasteiger partial charge is 0.465 e. The van der Waals surface area contributed by atoms with E-state index in [1.54, 1.807) is 5.51 Å². The van der Waals surface area contributed by atoms with E-state index in [9.17, 15) is 14.7 Å². The van der Waals surface area contributed by atoms with Crippen molar-refractivity contribution in [2.24, 2.45) is 11.3 Å². The lowest BCUT2D eigenvalue weighted by Crippen LogP contribution is -2.65. The predicted octanol–water partition coefficient (Wildman–Crippen LogP) is 3.76. The van der Waals surface area contributed by atoms with Gasteiger partial charge in [-0.25, -0.2) is 14.6 Å². The molecule has 0 radical (unpaired) electrons. The molecule has 4 rings (SSSR count). The maximum absolute atomic E-state index is 12.5. The SMILES string of the molecule is O=C(NC1CN(C(=O)O)CCC12CCC2Cc1ccccc1)OCc1cscn1. The van der Waals surface area contributed by atoms with Crippen LogP contribution in [0, 0.1) is 11.3 Å². The first kappa shape index (κ1) is 19.7. The predicted molar refractivity (Wildman–Crippen MR) is 109 cm³/mol. The fourth-order valence-electron chi connectivity index (χ4n) is 4.72. The van der Waals surface area contributed by atoms with Crippen LogP contribution in [-0.2, 0) is 17.8 Å². The number of amides is 2. The van der Waals surface area contributed by atoms with Crippen molar-refractivity contribution in [3.8, 4) is 0 Å². The third kappa shape index (κ3) is 4.22. The zero-order chi connectivity index (χ0) is 20.3. The van der Waals surface area contributed by atoms with E-state index in [-0.39, 0.29) is 18.1 Å². The summed E-state index contributed by atoms with van der Waals surface area (Å²) in [7, 11) is 0. The number of aromatic nitrogens is 1. The number of nitrogens with zero attached hydrogens (tertiary/aromatic N) is 2. The summed E-state index contributed by atoms with van der Waals surface area (Å²) in [4.78, 5) is 29.5. The molecular weight excluding hydrogens is 390 g/mol. The van der Waals surface area contributed by atoms with Crippen LogP contribution in [0.2, 0.25) is 0 Å². The van der Waals surface area contributed by atoms with Gasteiger partial charge in [-0.3, -0.25) is 0 Å². The Balaban J connectivity index is 1.45. The molecular formula is C21H25N3O4S. The normalized spacial score (nSPS) is 26.0. The van der Waals surface area contributed by atoms with Crippen LogP contribution in [0.5, 0.6) is 0 Å². The van der Waals surface area contributed by atoms with Gasteiger partial charge in [0.15, 0.2) is 0 Å². The number of carbonyl (C=O) groups is 2. The molecule has 2 aromatic rings. The second kappa shape index (κ2) is 8.41. The molecule has 1 saturated carbocycles. The summed E-state index contributed by atoms with van der Waals surface area (Å²) in [6, 6.07) is 10.1. The highest BCUT2D eigenvalue weighted by atomic mass is 32.1. The molecule has 7 nitrogen and oxygen atoms in total. The monoisotopic (exact) mass is 415 g/mol. The second-order valence-electron chi connectivity index (χ2n) is 7.89. The molecule has 3 unspecified atom stereocenters. The fourth-order valence-corrected chi connectivity index (χ4v) is 5.26. The second-order valence-corrected chi connectivity index (χ2v) is 8.61. The molecule has 154 valence electrons. The maximum Gasteiger partial charge on any atom is 0.407 e. The van der Waals surface area contributed by atoms with E-state index in [0.29, 0.717) is 24.7 Å². The van der Waals surface area contributed by atoms with Crippen LogP contribution < -0.4 is 5.32 Å². The number of ether oxygens (including phenoxy) is 1. The lowest BCUT2D eigenvalue weighted by atomic mass is 9.52. The molecule has 29 heavy (non-hydrogen) atoms. The van der Waals surface area contributed by atoms with E-state index in [1.165, 1.54) is 21.8 Å². The van der Waals surface area contributed by atoms with Crippen molar-refractivity contribution >= 4 is 23.5 Å². The van der Waals surface area contributed by atoms with Crippen LogP contribution in [-0.4, -0.2) is 46.3 Å². The molecule has 2 fully saturated rings. The number of rotatable bonds is 5. The van der Waals surface area contributed by atoms with Gasteiger partial charge in [-0.05, 0) is 42.6 Å². The summed E-state index contributed by atoms with van der Waals surface area (Å²) >= 11 is 1.45. The molecule has 2 N–H and O–H groups in total. The van der Waals surface area contributed by atoms with E-state index in [4.69, 9.17) is 4.74 Å². The van der Waals surface area contributed by atoms with Gasteiger partial charge in [-0.15, -0.1) is 11.3 Å². The minimum absolute atomic E-state index is 0.0819. The summed E-state index contributed by atoms with van der Waals surface area (Å²) in [5.74, 6) is 0.421. The average molecular weight is 416 g/mol. The van der Waals surface area contributed by atoms with Gasteiger partial charge >= 0.3 is 12.2 Å².